The lowest BCUT2D eigenvalue weighted by Gasteiger charge is -2.00. The van der Waals surface area contributed by atoms with Crippen molar-refractivity contribution in [1.29, 1.82) is 0 Å². The zero-order valence-corrected chi connectivity index (χ0v) is 8.17. The Morgan fingerprint density at radius 3 is 3.08 bits per heavy atom. The Hall–Kier alpha value is -1.03. The van der Waals surface area contributed by atoms with Gasteiger partial charge in [-0.3, -0.25) is 4.40 Å². The van der Waals surface area contributed by atoms with E-state index in [4.69, 9.17) is 5.73 Å². The Morgan fingerprint density at radius 1 is 1.58 bits per heavy atom. The van der Waals surface area contributed by atoms with Gasteiger partial charge in [-0.15, -0.1) is 0 Å². The second-order valence-electron chi connectivity index (χ2n) is 2.72. The second-order valence-corrected chi connectivity index (χ2v) is 3.63. The van der Waals surface area contributed by atoms with Crippen LogP contribution >= 0.6 is 15.9 Å². The number of rotatable bonds is 0. The highest BCUT2D eigenvalue weighted by Gasteiger charge is 2.02. The first-order valence-electron chi connectivity index (χ1n) is 3.57. The predicted octanol–water partition coefficient (Wildman–Crippen LogP) is 1.99. The van der Waals surface area contributed by atoms with Crippen molar-refractivity contribution in [1.82, 2.24) is 9.38 Å². The summed E-state index contributed by atoms with van der Waals surface area (Å²) in [6.45, 7) is 2.01. The summed E-state index contributed by atoms with van der Waals surface area (Å²) >= 11 is 3.40. The number of halogens is 1. The lowest BCUT2D eigenvalue weighted by Crippen LogP contribution is -1.93. The highest BCUT2D eigenvalue weighted by molar-refractivity contribution is 9.10. The number of fused-ring (bicyclic) bond motifs is 1. The summed E-state index contributed by atoms with van der Waals surface area (Å²) in [4.78, 5) is 4.18. The lowest BCUT2D eigenvalue weighted by molar-refractivity contribution is 1.16. The maximum atomic E-state index is 5.69. The molecular weight excluding hydrogens is 218 g/mol. The van der Waals surface area contributed by atoms with Crippen molar-refractivity contribution < 1.29 is 0 Å². The highest BCUT2D eigenvalue weighted by atomic mass is 79.9. The largest absolute Gasteiger partial charge is 0.383 e. The third kappa shape index (κ3) is 0.992. The summed E-state index contributed by atoms with van der Waals surface area (Å²) in [5.74, 6) is 0.661. The van der Waals surface area contributed by atoms with Crippen molar-refractivity contribution >= 4 is 27.4 Å². The first-order chi connectivity index (χ1) is 5.68. The summed E-state index contributed by atoms with van der Waals surface area (Å²) < 4.78 is 2.87. The maximum Gasteiger partial charge on any atom is 0.141 e. The number of hydrogen-bond donors (Lipinski definition) is 1. The fourth-order valence-corrected chi connectivity index (χ4v) is 1.78. The molecule has 0 aromatic carbocycles. The standard InChI is InChI=1S/C8H8BrN3/c1-5-2-6(9)4-12-7(10)3-11-8(5)12/h2-4H,10H2,1H3. The van der Waals surface area contributed by atoms with Crippen molar-refractivity contribution in [2.24, 2.45) is 0 Å². The number of aromatic nitrogens is 2. The average molecular weight is 226 g/mol. The van der Waals surface area contributed by atoms with Crippen molar-refractivity contribution in [3.63, 3.8) is 0 Å². The fraction of sp³-hybridized carbons (Fsp3) is 0.125. The van der Waals surface area contributed by atoms with Crippen LogP contribution in [0.2, 0.25) is 0 Å². The number of nitrogens with two attached hydrogens (primary N) is 1. The molecule has 0 aliphatic rings. The third-order valence-corrected chi connectivity index (χ3v) is 2.22. The van der Waals surface area contributed by atoms with Gasteiger partial charge in [0.1, 0.15) is 11.5 Å². The molecule has 0 atom stereocenters. The minimum Gasteiger partial charge on any atom is -0.383 e. The number of nitrogens with zero attached hydrogens (tertiary/aromatic N) is 2. The summed E-state index contributed by atoms with van der Waals surface area (Å²) in [5, 5.41) is 0. The maximum absolute atomic E-state index is 5.69. The summed E-state index contributed by atoms with van der Waals surface area (Å²) in [5.41, 5.74) is 7.72. The van der Waals surface area contributed by atoms with Gasteiger partial charge in [0, 0.05) is 10.7 Å². The van der Waals surface area contributed by atoms with Crippen LogP contribution in [0.4, 0.5) is 5.82 Å². The molecular formula is C8H8BrN3. The quantitative estimate of drug-likeness (QED) is 0.746. The Bertz CT molecular complexity index is 433. The molecule has 12 heavy (non-hydrogen) atoms. The number of imidazole rings is 1. The molecule has 2 N–H and O–H groups in total. The first kappa shape index (κ1) is 7.61. The Labute approximate surface area is 78.3 Å². The van der Waals surface area contributed by atoms with E-state index in [1.54, 1.807) is 6.20 Å². The van der Waals surface area contributed by atoms with E-state index in [2.05, 4.69) is 20.9 Å². The predicted molar refractivity (Wildman–Crippen MR) is 52.0 cm³/mol. The van der Waals surface area contributed by atoms with E-state index in [-0.39, 0.29) is 0 Å². The third-order valence-electron chi connectivity index (χ3n) is 1.78. The van der Waals surface area contributed by atoms with Crippen molar-refractivity contribution in [3.8, 4) is 0 Å². The van der Waals surface area contributed by atoms with Crippen LogP contribution in [-0.4, -0.2) is 9.38 Å². The molecule has 0 aliphatic carbocycles. The van der Waals surface area contributed by atoms with Crippen LogP contribution in [0.15, 0.2) is 22.9 Å². The molecule has 0 saturated carbocycles. The van der Waals surface area contributed by atoms with Gasteiger partial charge in [-0.05, 0) is 34.5 Å². The van der Waals surface area contributed by atoms with E-state index < -0.39 is 0 Å². The number of anilines is 1. The normalized spacial score (nSPS) is 10.8. The van der Waals surface area contributed by atoms with E-state index in [1.807, 2.05) is 23.6 Å². The lowest BCUT2D eigenvalue weighted by atomic mass is 10.3. The smallest absolute Gasteiger partial charge is 0.141 e. The van der Waals surface area contributed by atoms with E-state index in [1.165, 1.54) is 0 Å². The van der Waals surface area contributed by atoms with Gasteiger partial charge >= 0.3 is 0 Å². The topological polar surface area (TPSA) is 43.3 Å². The van der Waals surface area contributed by atoms with Crippen LogP contribution in [-0.2, 0) is 0 Å². The Balaban J connectivity index is 2.92. The molecule has 2 rings (SSSR count). The van der Waals surface area contributed by atoms with Gasteiger partial charge in [0.05, 0.1) is 6.20 Å². The molecule has 0 radical (unpaired) electrons. The molecule has 2 heterocycles. The van der Waals surface area contributed by atoms with Gasteiger partial charge < -0.3 is 5.73 Å². The number of aryl methyl sites for hydroxylation is 1. The van der Waals surface area contributed by atoms with E-state index >= 15 is 0 Å². The molecule has 0 spiro atoms. The molecule has 0 unspecified atom stereocenters. The van der Waals surface area contributed by atoms with Crippen LogP contribution in [0.5, 0.6) is 0 Å². The van der Waals surface area contributed by atoms with Crippen molar-refractivity contribution in [3.05, 3.63) is 28.5 Å². The van der Waals surface area contributed by atoms with Gasteiger partial charge in [-0.1, -0.05) is 0 Å². The molecule has 0 saturated heterocycles. The molecule has 4 heteroatoms. The van der Waals surface area contributed by atoms with Crippen LogP contribution in [0.3, 0.4) is 0 Å². The average Bonchev–Trinajstić information content (AvgIpc) is 2.33. The zero-order chi connectivity index (χ0) is 8.72. The van der Waals surface area contributed by atoms with E-state index in [9.17, 15) is 0 Å². The fourth-order valence-electron chi connectivity index (χ4n) is 1.23. The van der Waals surface area contributed by atoms with Crippen LogP contribution in [0.25, 0.3) is 5.65 Å². The highest BCUT2D eigenvalue weighted by Crippen LogP contribution is 2.18. The molecule has 2 aromatic heterocycles. The summed E-state index contributed by atoms with van der Waals surface area (Å²) in [6.07, 6.45) is 3.57. The van der Waals surface area contributed by atoms with Crippen molar-refractivity contribution in [2.75, 3.05) is 5.73 Å². The SMILES string of the molecule is Cc1cc(Br)cn2c(N)cnc12. The van der Waals surface area contributed by atoms with E-state index in [0.29, 0.717) is 5.82 Å². The number of hydrogen-bond acceptors (Lipinski definition) is 2. The van der Waals surface area contributed by atoms with Crippen LogP contribution in [0.1, 0.15) is 5.56 Å². The number of pyridine rings is 1. The first-order valence-corrected chi connectivity index (χ1v) is 4.36. The molecule has 2 aromatic rings. The molecule has 0 aliphatic heterocycles. The molecule has 0 bridgehead atoms. The van der Waals surface area contributed by atoms with Gasteiger partial charge in [-0.2, -0.15) is 0 Å². The van der Waals surface area contributed by atoms with Gasteiger partial charge in [0.2, 0.25) is 0 Å². The van der Waals surface area contributed by atoms with Crippen LogP contribution < -0.4 is 5.73 Å². The number of nitrogen functional groups attached to an aromatic ring is 1. The Morgan fingerprint density at radius 2 is 2.33 bits per heavy atom. The molecule has 62 valence electrons. The Kier molecular flexibility index (Phi) is 1.58. The van der Waals surface area contributed by atoms with Crippen molar-refractivity contribution in [2.45, 2.75) is 6.92 Å². The van der Waals surface area contributed by atoms with Gasteiger partial charge in [0.25, 0.3) is 0 Å². The summed E-state index contributed by atoms with van der Waals surface area (Å²) in [7, 11) is 0. The van der Waals surface area contributed by atoms with E-state index in [0.717, 1.165) is 15.7 Å². The minimum absolute atomic E-state index is 0.661. The summed E-state index contributed by atoms with van der Waals surface area (Å²) in [6, 6.07) is 2.02. The van der Waals surface area contributed by atoms with Gasteiger partial charge in [-0.25, -0.2) is 4.98 Å². The second kappa shape index (κ2) is 2.48. The van der Waals surface area contributed by atoms with Crippen LogP contribution in [0, 0.1) is 6.92 Å². The molecule has 3 nitrogen and oxygen atoms in total. The van der Waals surface area contributed by atoms with Gasteiger partial charge in [0.15, 0.2) is 0 Å². The minimum atomic E-state index is 0.661. The molecule has 0 amide bonds. The molecule has 0 fully saturated rings. The zero-order valence-electron chi connectivity index (χ0n) is 6.58. The monoisotopic (exact) mass is 225 g/mol.